The summed E-state index contributed by atoms with van der Waals surface area (Å²) in [7, 11) is -1.89. The van der Waals surface area contributed by atoms with Crippen LogP contribution >= 0.6 is 0 Å². The molecular formula is C11H20O4Si. The van der Waals surface area contributed by atoms with E-state index in [0.29, 0.717) is 0 Å². The zero-order valence-electron chi connectivity index (χ0n) is 10.8. The Kier molecular flexibility index (Phi) is 4.93. The van der Waals surface area contributed by atoms with E-state index in [-0.39, 0.29) is 0 Å². The van der Waals surface area contributed by atoms with E-state index < -0.39 is 25.9 Å². The van der Waals surface area contributed by atoms with E-state index in [1.807, 2.05) is 19.6 Å². The van der Waals surface area contributed by atoms with Crippen molar-refractivity contribution < 1.29 is 18.8 Å². The minimum absolute atomic E-state index is 0.495. The molecule has 0 aromatic carbocycles. The highest BCUT2D eigenvalue weighted by Gasteiger charge is 2.19. The van der Waals surface area contributed by atoms with Crippen LogP contribution in [-0.2, 0) is 18.8 Å². The van der Waals surface area contributed by atoms with Crippen molar-refractivity contribution in [2.75, 3.05) is 0 Å². The molecule has 0 saturated heterocycles. The van der Waals surface area contributed by atoms with Crippen LogP contribution in [0.1, 0.15) is 20.8 Å². The highest BCUT2D eigenvalue weighted by Crippen LogP contribution is 2.07. The monoisotopic (exact) mass is 244 g/mol. The van der Waals surface area contributed by atoms with E-state index in [4.69, 9.17) is 9.16 Å². The van der Waals surface area contributed by atoms with Gasteiger partial charge in [0.05, 0.1) is 0 Å². The largest absolute Gasteiger partial charge is 0.517 e. The fraction of sp³-hybridized carbons (Fsp3) is 0.636. The zero-order valence-corrected chi connectivity index (χ0v) is 11.8. The van der Waals surface area contributed by atoms with Crippen molar-refractivity contribution in [3.63, 3.8) is 0 Å². The van der Waals surface area contributed by atoms with Gasteiger partial charge in [-0.15, -0.1) is 0 Å². The summed E-state index contributed by atoms with van der Waals surface area (Å²) in [6, 6.07) is 0. The molecule has 0 saturated carbocycles. The predicted molar refractivity (Wildman–Crippen MR) is 64.4 cm³/mol. The van der Waals surface area contributed by atoms with Gasteiger partial charge in [0.15, 0.2) is 0 Å². The quantitative estimate of drug-likeness (QED) is 0.434. The first-order valence-electron chi connectivity index (χ1n) is 5.14. The topological polar surface area (TPSA) is 52.6 Å². The minimum atomic E-state index is -1.89. The summed E-state index contributed by atoms with van der Waals surface area (Å²) in [6.45, 7) is 11.0. The van der Waals surface area contributed by atoms with E-state index in [1.54, 1.807) is 20.8 Å². The molecule has 0 spiro atoms. The molecule has 0 aromatic heterocycles. The van der Waals surface area contributed by atoms with Crippen LogP contribution in [0.3, 0.4) is 0 Å². The van der Waals surface area contributed by atoms with Gasteiger partial charge in [-0.1, -0.05) is 0 Å². The normalized spacial score (nSPS) is 12.6. The molecule has 0 radical (unpaired) electrons. The number of carbonyl (C=O) groups excluding carboxylic acids is 2. The van der Waals surface area contributed by atoms with Crippen molar-refractivity contribution >= 4 is 20.3 Å². The third-order valence-electron chi connectivity index (χ3n) is 1.17. The summed E-state index contributed by atoms with van der Waals surface area (Å²) in [5, 5.41) is 0. The van der Waals surface area contributed by atoms with Gasteiger partial charge in [-0.2, -0.15) is 0 Å². The van der Waals surface area contributed by atoms with Gasteiger partial charge in [0.1, 0.15) is 5.60 Å². The number of hydrogen-bond donors (Lipinski definition) is 0. The lowest BCUT2D eigenvalue weighted by molar-refractivity contribution is -0.148. The van der Waals surface area contributed by atoms with Gasteiger partial charge < -0.3 is 9.16 Å². The van der Waals surface area contributed by atoms with Crippen LogP contribution in [0, 0.1) is 0 Å². The summed E-state index contributed by atoms with van der Waals surface area (Å²) >= 11 is 0. The van der Waals surface area contributed by atoms with E-state index in [0.717, 1.165) is 12.2 Å². The number of rotatable bonds is 3. The molecule has 0 atom stereocenters. The Morgan fingerprint density at radius 2 is 1.44 bits per heavy atom. The second kappa shape index (κ2) is 5.29. The van der Waals surface area contributed by atoms with Crippen LogP contribution in [0.5, 0.6) is 0 Å². The molecule has 4 nitrogen and oxygen atoms in total. The Morgan fingerprint density at radius 3 is 1.81 bits per heavy atom. The Labute approximate surface area is 97.8 Å². The average Bonchev–Trinajstić information content (AvgIpc) is 1.94. The molecule has 0 amide bonds. The number of carbonyl (C=O) groups is 2. The first-order valence-corrected chi connectivity index (χ1v) is 8.54. The molecule has 0 bridgehead atoms. The van der Waals surface area contributed by atoms with Gasteiger partial charge in [0, 0.05) is 12.2 Å². The van der Waals surface area contributed by atoms with Gasteiger partial charge in [0.25, 0.3) is 0 Å². The summed E-state index contributed by atoms with van der Waals surface area (Å²) < 4.78 is 10.1. The summed E-state index contributed by atoms with van der Waals surface area (Å²) in [5.74, 6) is -1.04. The molecule has 92 valence electrons. The van der Waals surface area contributed by atoms with Gasteiger partial charge in [-0.25, -0.2) is 9.59 Å². The molecule has 0 unspecified atom stereocenters. The zero-order chi connectivity index (χ0) is 13.0. The van der Waals surface area contributed by atoms with Crippen molar-refractivity contribution in [3.05, 3.63) is 12.2 Å². The van der Waals surface area contributed by atoms with Gasteiger partial charge >= 0.3 is 11.9 Å². The molecule has 5 heteroatoms. The van der Waals surface area contributed by atoms with E-state index >= 15 is 0 Å². The molecule has 0 aliphatic rings. The lowest BCUT2D eigenvalue weighted by atomic mass is 10.2. The molecule has 0 aliphatic heterocycles. The van der Waals surface area contributed by atoms with Gasteiger partial charge in [-0.3, -0.25) is 0 Å². The van der Waals surface area contributed by atoms with Crippen LogP contribution in [0.2, 0.25) is 19.6 Å². The maximum atomic E-state index is 11.2. The summed E-state index contributed by atoms with van der Waals surface area (Å²) in [4.78, 5) is 22.5. The third-order valence-corrected chi connectivity index (χ3v) is 1.98. The van der Waals surface area contributed by atoms with Crippen molar-refractivity contribution in [2.45, 2.75) is 46.0 Å². The standard InChI is InChI=1S/C11H20O4Si/c1-11(2,3)14-9(12)7-8-10(13)15-16(4,5)6/h7-8H,1-6H3/b8-7+. The molecule has 0 fully saturated rings. The fourth-order valence-electron chi connectivity index (χ4n) is 0.808. The van der Waals surface area contributed by atoms with Crippen molar-refractivity contribution in [1.82, 2.24) is 0 Å². The van der Waals surface area contributed by atoms with Gasteiger partial charge in [-0.05, 0) is 40.4 Å². The molecular weight excluding hydrogens is 224 g/mol. The Morgan fingerprint density at radius 1 is 1.00 bits per heavy atom. The fourth-order valence-corrected chi connectivity index (χ4v) is 1.48. The van der Waals surface area contributed by atoms with E-state index in [1.165, 1.54) is 0 Å². The van der Waals surface area contributed by atoms with Crippen LogP contribution in [0.4, 0.5) is 0 Å². The van der Waals surface area contributed by atoms with Crippen molar-refractivity contribution in [2.24, 2.45) is 0 Å². The SMILES string of the molecule is CC(C)(C)OC(=O)/C=C/C(=O)O[Si](C)(C)C. The highest BCUT2D eigenvalue weighted by atomic mass is 28.4. The molecule has 0 aliphatic carbocycles. The Balaban J connectivity index is 4.20. The average molecular weight is 244 g/mol. The van der Waals surface area contributed by atoms with E-state index in [2.05, 4.69) is 0 Å². The molecule has 0 rings (SSSR count). The Hall–Kier alpha value is -1.10. The lowest BCUT2D eigenvalue weighted by Gasteiger charge is -2.18. The molecule has 0 aromatic rings. The van der Waals surface area contributed by atoms with Gasteiger partial charge in [0.2, 0.25) is 8.32 Å². The summed E-state index contributed by atoms with van der Waals surface area (Å²) in [6.07, 6.45) is 2.19. The van der Waals surface area contributed by atoms with Crippen LogP contribution < -0.4 is 0 Å². The minimum Gasteiger partial charge on any atom is -0.517 e. The predicted octanol–water partition coefficient (Wildman–Crippen LogP) is 2.26. The third kappa shape index (κ3) is 9.45. The highest BCUT2D eigenvalue weighted by molar-refractivity contribution is 6.71. The second-order valence-corrected chi connectivity index (χ2v) is 9.83. The van der Waals surface area contributed by atoms with E-state index in [9.17, 15) is 9.59 Å². The Bertz CT molecular complexity index is 264. The van der Waals surface area contributed by atoms with Crippen LogP contribution in [0.25, 0.3) is 0 Å². The second-order valence-electron chi connectivity index (χ2n) is 5.40. The maximum absolute atomic E-state index is 11.2. The van der Waals surface area contributed by atoms with Crippen LogP contribution in [-0.4, -0.2) is 25.9 Å². The van der Waals surface area contributed by atoms with Crippen molar-refractivity contribution in [1.29, 1.82) is 0 Å². The first-order chi connectivity index (χ1) is 6.99. The number of hydrogen-bond acceptors (Lipinski definition) is 4. The molecule has 0 heterocycles. The smallest absolute Gasteiger partial charge is 0.331 e. The molecule has 0 N–H and O–H groups in total. The maximum Gasteiger partial charge on any atom is 0.331 e. The van der Waals surface area contributed by atoms with Crippen LogP contribution in [0.15, 0.2) is 12.2 Å². The lowest BCUT2D eigenvalue weighted by Crippen LogP contribution is -2.28. The summed E-state index contributed by atoms with van der Waals surface area (Å²) in [5.41, 5.74) is -0.551. The molecule has 16 heavy (non-hydrogen) atoms. The number of ether oxygens (including phenoxy) is 1. The number of esters is 1. The first kappa shape index (κ1) is 14.9. The van der Waals surface area contributed by atoms with Crippen molar-refractivity contribution in [3.8, 4) is 0 Å².